The largest absolute Gasteiger partial charge is 0.363 e. The van der Waals surface area contributed by atoms with Crippen molar-refractivity contribution in [1.29, 1.82) is 0 Å². The quantitative estimate of drug-likeness (QED) is 0.637. The molecule has 0 unspecified atom stereocenters. The normalized spacial score (nSPS) is 21.3. The molecule has 5 nitrogen and oxygen atoms in total. The number of halogens is 2. The summed E-state index contributed by atoms with van der Waals surface area (Å²) in [6.07, 6.45) is 5.65. The summed E-state index contributed by atoms with van der Waals surface area (Å²) in [6, 6.07) is 10.4. The van der Waals surface area contributed by atoms with Crippen LogP contribution in [0.3, 0.4) is 0 Å². The number of likely N-dealkylation sites (tertiary alicyclic amines) is 1. The summed E-state index contributed by atoms with van der Waals surface area (Å²) in [5.74, 6) is -0.570. The van der Waals surface area contributed by atoms with Gasteiger partial charge in [0.25, 0.3) is 0 Å². The van der Waals surface area contributed by atoms with Gasteiger partial charge < -0.3 is 14.6 Å². The van der Waals surface area contributed by atoms with Gasteiger partial charge in [-0.1, -0.05) is 12.1 Å². The van der Waals surface area contributed by atoms with Crippen LogP contribution in [0.2, 0.25) is 0 Å². The van der Waals surface area contributed by atoms with E-state index in [0.29, 0.717) is 35.8 Å². The molecule has 6 rings (SSSR count). The van der Waals surface area contributed by atoms with Crippen LogP contribution >= 0.6 is 0 Å². The van der Waals surface area contributed by atoms with Gasteiger partial charge in [-0.2, -0.15) is 0 Å². The summed E-state index contributed by atoms with van der Waals surface area (Å²) in [5.41, 5.74) is 2.09. The molecule has 0 atom stereocenters. The number of ether oxygens (including phenoxy) is 1. The van der Waals surface area contributed by atoms with E-state index in [1.165, 1.54) is 12.1 Å². The van der Waals surface area contributed by atoms with Crippen molar-refractivity contribution in [2.24, 2.45) is 0 Å². The van der Waals surface area contributed by atoms with Gasteiger partial charge in [-0.05, 0) is 55.5 Å². The maximum atomic E-state index is 15.0. The van der Waals surface area contributed by atoms with Crippen molar-refractivity contribution in [2.75, 3.05) is 26.2 Å². The number of aromatic nitrogens is 1. The molecule has 3 heterocycles. The molecule has 2 saturated heterocycles. The molecule has 0 bridgehead atoms. The number of morpholine rings is 1. The number of nitrogens with one attached hydrogen (secondary N) is 1. The van der Waals surface area contributed by atoms with Crippen molar-refractivity contribution < 1.29 is 18.3 Å². The molecule has 1 N–H and O–H groups in total. The number of carbonyl (C=O) groups is 1. The molecule has 1 saturated carbocycles. The number of benzene rings is 2. The molecule has 1 aliphatic carbocycles. The molecule has 172 valence electrons. The molecule has 3 fully saturated rings. The van der Waals surface area contributed by atoms with Gasteiger partial charge in [0.1, 0.15) is 18.2 Å². The lowest BCUT2D eigenvalue weighted by atomic mass is 9.89. The number of hydrogen-bond donors (Lipinski definition) is 1. The highest BCUT2D eigenvalue weighted by atomic mass is 19.1. The van der Waals surface area contributed by atoms with Crippen LogP contribution in [-0.4, -0.2) is 58.6 Å². The number of piperidine rings is 1. The first kappa shape index (κ1) is 20.8. The van der Waals surface area contributed by atoms with Gasteiger partial charge in [-0.25, -0.2) is 8.78 Å². The lowest BCUT2D eigenvalue weighted by Gasteiger charge is -2.47. The standard InChI is InChI=1S/C26H27F2N3O2/c27-22-11-17(21-13-24-18(5-8-29-24)12-23(21)28)1-2-19(22)14-30-9-6-26(7-10-30)16-31(20-3-4-20)25(32)15-33-26/h1-2,5,8,11-13,20,29H,3-4,6-7,9-10,14-16H2. The number of fused-ring (bicyclic) bond motifs is 1. The molecule has 2 aliphatic heterocycles. The average molecular weight is 452 g/mol. The van der Waals surface area contributed by atoms with Gasteiger partial charge >= 0.3 is 0 Å². The molecule has 1 aromatic heterocycles. The summed E-state index contributed by atoms with van der Waals surface area (Å²) in [7, 11) is 0. The third-order valence-electron chi connectivity index (χ3n) is 7.43. The van der Waals surface area contributed by atoms with Gasteiger partial charge in [-0.15, -0.1) is 0 Å². The summed E-state index contributed by atoms with van der Waals surface area (Å²) >= 11 is 0. The molecular formula is C26H27F2N3O2. The number of nitrogens with zero attached hydrogens (tertiary/aromatic N) is 2. The Hall–Kier alpha value is -2.77. The highest BCUT2D eigenvalue weighted by Crippen LogP contribution is 2.37. The van der Waals surface area contributed by atoms with Crippen LogP contribution in [0.25, 0.3) is 22.0 Å². The fourth-order valence-corrected chi connectivity index (χ4v) is 5.26. The van der Waals surface area contributed by atoms with E-state index in [1.807, 2.05) is 11.0 Å². The highest BCUT2D eigenvalue weighted by molar-refractivity contribution is 5.85. The zero-order chi connectivity index (χ0) is 22.6. The number of amides is 1. The Morgan fingerprint density at radius 2 is 1.88 bits per heavy atom. The second-order valence-corrected chi connectivity index (χ2v) is 9.70. The Bertz CT molecular complexity index is 1210. The van der Waals surface area contributed by atoms with Crippen LogP contribution in [0, 0.1) is 11.6 Å². The molecule has 7 heteroatoms. The number of hydrogen-bond acceptors (Lipinski definition) is 3. The van der Waals surface area contributed by atoms with Crippen LogP contribution in [0.5, 0.6) is 0 Å². The van der Waals surface area contributed by atoms with E-state index in [0.717, 1.165) is 49.7 Å². The van der Waals surface area contributed by atoms with E-state index >= 15 is 0 Å². The van der Waals surface area contributed by atoms with Crippen molar-refractivity contribution in [3.8, 4) is 11.1 Å². The average Bonchev–Trinajstić information content (AvgIpc) is 3.56. The van der Waals surface area contributed by atoms with E-state index in [9.17, 15) is 13.6 Å². The molecule has 3 aromatic rings. The Morgan fingerprint density at radius 3 is 2.64 bits per heavy atom. The van der Waals surface area contributed by atoms with Gasteiger partial charge in [0.2, 0.25) is 5.91 Å². The number of H-pyrrole nitrogens is 1. The van der Waals surface area contributed by atoms with Crippen LogP contribution in [0.1, 0.15) is 31.2 Å². The smallest absolute Gasteiger partial charge is 0.248 e. The zero-order valence-electron chi connectivity index (χ0n) is 18.4. The summed E-state index contributed by atoms with van der Waals surface area (Å²) < 4.78 is 35.6. The lowest BCUT2D eigenvalue weighted by molar-refractivity contribution is -0.172. The van der Waals surface area contributed by atoms with Crippen LogP contribution in [0.4, 0.5) is 8.78 Å². The van der Waals surface area contributed by atoms with Crippen molar-refractivity contribution in [3.63, 3.8) is 0 Å². The van der Waals surface area contributed by atoms with Crippen molar-refractivity contribution in [2.45, 2.75) is 43.9 Å². The van der Waals surface area contributed by atoms with Crippen LogP contribution in [-0.2, 0) is 16.1 Å². The molecule has 2 aromatic carbocycles. The maximum absolute atomic E-state index is 15.0. The topological polar surface area (TPSA) is 48.6 Å². The number of aromatic amines is 1. The lowest BCUT2D eigenvalue weighted by Crippen LogP contribution is -2.59. The Balaban J connectivity index is 1.13. The van der Waals surface area contributed by atoms with E-state index in [1.54, 1.807) is 24.4 Å². The van der Waals surface area contributed by atoms with E-state index in [4.69, 9.17) is 4.74 Å². The van der Waals surface area contributed by atoms with Gasteiger partial charge in [0.05, 0.1) is 12.1 Å². The fourth-order valence-electron chi connectivity index (χ4n) is 5.26. The minimum Gasteiger partial charge on any atom is -0.363 e. The molecule has 33 heavy (non-hydrogen) atoms. The third kappa shape index (κ3) is 3.93. The molecule has 0 radical (unpaired) electrons. The predicted octanol–water partition coefficient (Wildman–Crippen LogP) is 4.47. The minimum atomic E-state index is -0.359. The second kappa shape index (κ2) is 7.92. The molecule has 1 spiro atoms. The fraction of sp³-hybridized carbons (Fsp3) is 0.423. The summed E-state index contributed by atoms with van der Waals surface area (Å²) in [4.78, 5) is 19.5. The molecule has 3 aliphatic rings. The SMILES string of the molecule is O=C1COC2(CCN(Cc3ccc(-c4cc5[nH]ccc5cc4F)cc3F)CC2)CN1C1CC1. The van der Waals surface area contributed by atoms with Crippen LogP contribution in [0.15, 0.2) is 42.6 Å². The zero-order valence-corrected chi connectivity index (χ0v) is 18.4. The minimum absolute atomic E-state index is 0.111. The van der Waals surface area contributed by atoms with Gasteiger partial charge in [0, 0.05) is 53.9 Å². The van der Waals surface area contributed by atoms with Gasteiger partial charge in [0.15, 0.2) is 0 Å². The van der Waals surface area contributed by atoms with Crippen molar-refractivity contribution in [1.82, 2.24) is 14.8 Å². The maximum Gasteiger partial charge on any atom is 0.248 e. The Kier molecular flexibility index (Phi) is 4.99. The first-order chi connectivity index (χ1) is 16.0. The van der Waals surface area contributed by atoms with E-state index in [2.05, 4.69) is 9.88 Å². The van der Waals surface area contributed by atoms with E-state index in [-0.39, 0.29) is 29.7 Å². The number of rotatable bonds is 4. The highest BCUT2D eigenvalue weighted by Gasteiger charge is 2.46. The first-order valence-electron chi connectivity index (χ1n) is 11.7. The van der Waals surface area contributed by atoms with Crippen LogP contribution < -0.4 is 0 Å². The van der Waals surface area contributed by atoms with E-state index < -0.39 is 0 Å². The van der Waals surface area contributed by atoms with Crippen molar-refractivity contribution >= 4 is 16.8 Å². The van der Waals surface area contributed by atoms with Gasteiger partial charge in [-0.3, -0.25) is 9.69 Å². The summed E-state index contributed by atoms with van der Waals surface area (Å²) in [5, 5.41) is 0.794. The third-order valence-corrected chi connectivity index (χ3v) is 7.43. The molecular weight excluding hydrogens is 424 g/mol. The Labute approximate surface area is 191 Å². The Morgan fingerprint density at radius 1 is 1.06 bits per heavy atom. The first-order valence-corrected chi connectivity index (χ1v) is 11.7. The number of carbonyl (C=O) groups excluding carboxylic acids is 1. The monoisotopic (exact) mass is 451 g/mol. The second-order valence-electron chi connectivity index (χ2n) is 9.70. The van der Waals surface area contributed by atoms with Crippen molar-refractivity contribution in [3.05, 3.63) is 59.8 Å². The molecule has 1 amide bonds. The summed E-state index contributed by atoms with van der Waals surface area (Å²) in [6.45, 7) is 2.96. The predicted molar refractivity (Wildman–Crippen MR) is 122 cm³/mol.